The van der Waals surface area contributed by atoms with Gasteiger partial charge in [-0.2, -0.15) is 0 Å². The van der Waals surface area contributed by atoms with E-state index < -0.39 is 0 Å². The van der Waals surface area contributed by atoms with E-state index in [2.05, 4.69) is 17.4 Å². The molecule has 0 spiro atoms. The summed E-state index contributed by atoms with van der Waals surface area (Å²) in [6, 6.07) is 11.5. The standard InChI is InChI=1S/C17H14ClNO3S/c18-12-7-10(8-14-16(12)22-9-21-14)17(20)19-13-5-6-23-15-4-2-1-3-11(13)15/h1-4,7-8,13H,5-6,9H2,(H,19,20)/t13-/m0/s1. The van der Waals surface area contributed by atoms with Crippen LogP contribution in [0.5, 0.6) is 11.5 Å². The van der Waals surface area contributed by atoms with Crippen LogP contribution in [0.15, 0.2) is 41.3 Å². The number of carbonyl (C=O) groups excluding carboxylic acids is 1. The molecule has 4 rings (SSSR count). The molecule has 2 aliphatic rings. The van der Waals surface area contributed by atoms with Crippen molar-refractivity contribution in [3.63, 3.8) is 0 Å². The van der Waals surface area contributed by atoms with E-state index in [1.165, 1.54) is 10.5 Å². The Hall–Kier alpha value is -1.85. The van der Waals surface area contributed by atoms with Crippen molar-refractivity contribution >= 4 is 29.3 Å². The van der Waals surface area contributed by atoms with Crippen LogP contribution in [0.4, 0.5) is 0 Å². The Labute approximate surface area is 143 Å². The number of benzene rings is 2. The number of fused-ring (bicyclic) bond motifs is 2. The van der Waals surface area contributed by atoms with Crippen molar-refractivity contribution in [2.75, 3.05) is 12.5 Å². The lowest BCUT2D eigenvalue weighted by molar-refractivity contribution is 0.0934. The number of hydrogen-bond donors (Lipinski definition) is 1. The fourth-order valence-corrected chi connectivity index (χ4v) is 4.22. The van der Waals surface area contributed by atoms with Crippen LogP contribution in [0.25, 0.3) is 0 Å². The van der Waals surface area contributed by atoms with Gasteiger partial charge in [-0.05, 0) is 30.2 Å². The number of halogens is 1. The van der Waals surface area contributed by atoms with Crippen LogP contribution in [0, 0.1) is 0 Å². The summed E-state index contributed by atoms with van der Waals surface area (Å²) in [6.07, 6.45) is 0.908. The molecule has 0 aromatic heterocycles. The minimum Gasteiger partial charge on any atom is -0.454 e. The average molecular weight is 348 g/mol. The molecule has 2 aromatic carbocycles. The predicted octanol–water partition coefficient (Wildman–Crippen LogP) is 4.04. The number of amides is 1. The molecule has 1 amide bonds. The Kier molecular flexibility index (Phi) is 3.83. The molecule has 1 N–H and O–H groups in total. The van der Waals surface area contributed by atoms with E-state index in [1.54, 1.807) is 12.1 Å². The highest BCUT2D eigenvalue weighted by atomic mass is 35.5. The van der Waals surface area contributed by atoms with Gasteiger partial charge in [0, 0.05) is 16.2 Å². The molecule has 2 aliphatic heterocycles. The number of ether oxygens (including phenoxy) is 2. The van der Waals surface area contributed by atoms with Gasteiger partial charge in [-0.15, -0.1) is 11.8 Å². The molecule has 0 fully saturated rings. The van der Waals surface area contributed by atoms with Gasteiger partial charge >= 0.3 is 0 Å². The third kappa shape index (κ3) is 2.75. The van der Waals surface area contributed by atoms with Crippen LogP contribution in [-0.4, -0.2) is 18.5 Å². The Morgan fingerprint density at radius 3 is 3.04 bits per heavy atom. The molecule has 6 heteroatoms. The lowest BCUT2D eigenvalue weighted by Gasteiger charge is -2.26. The Balaban J connectivity index is 1.59. The highest BCUT2D eigenvalue weighted by Gasteiger charge is 2.25. The number of hydrogen-bond acceptors (Lipinski definition) is 4. The van der Waals surface area contributed by atoms with Gasteiger partial charge in [0.05, 0.1) is 11.1 Å². The van der Waals surface area contributed by atoms with Crippen molar-refractivity contribution in [2.45, 2.75) is 17.4 Å². The van der Waals surface area contributed by atoms with E-state index in [-0.39, 0.29) is 18.7 Å². The first-order valence-electron chi connectivity index (χ1n) is 7.34. The van der Waals surface area contributed by atoms with E-state index in [9.17, 15) is 4.79 Å². The lowest BCUT2D eigenvalue weighted by atomic mass is 10.0. The first-order chi connectivity index (χ1) is 11.2. The number of nitrogens with one attached hydrogen (secondary N) is 1. The van der Waals surface area contributed by atoms with Gasteiger partial charge in [0.25, 0.3) is 5.91 Å². The topological polar surface area (TPSA) is 47.6 Å². The van der Waals surface area contributed by atoms with Gasteiger partial charge in [-0.25, -0.2) is 0 Å². The van der Waals surface area contributed by atoms with Crippen molar-refractivity contribution in [2.24, 2.45) is 0 Å². The second-order valence-corrected chi connectivity index (χ2v) is 6.94. The van der Waals surface area contributed by atoms with Crippen molar-refractivity contribution in [1.82, 2.24) is 5.32 Å². The molecule has 0 unspecified atom stereocenters. The molecule has 0 radical (unpaired) electrons. The van der Waals surface area contributed by atoms with Crippen molar-refractivity contribution < 1.29 is 14.3 Å². The van der Waals surface area contributed by atoms with Crippen molar-refractivity contribution in [1.29, 1.82) is 0 Å². The van der Waals surface area contributed by atoms with Crippen LogP contribution in [0.3, 0.4) is 0 Å². The molecular formula is C17H14ClNO3S. The van der Waals surface area contributed by atoms with Crippen LogP contribution in [-0.2, 0) is 0 Å². The normalized spacial score (nSPS) is 18.4. The molecule has 4 nitrogen and oxygen atoms in total. The minimum absolute atomic E-state index is 0.0177. The third-order valence-electron chi connectivity index (χ3n) is 3.95. The summed E-state index contributed by atoms with van der Waals surface area (Å²) >= 11 is 7.98. The molecule has 118 valence electrons. The van der Waals surface area contributed by atoms with E-state index in [0.29, 0.717) is 22.1 Å². The zero-order valence-electron chi connectivity index (χ0n) is 12.2. The Morgan fingerprint density at radius 2 is 2.13 bits per heavy atom. The monoisotopic (exact) mass is 347 g/mol. The molecule has 2 heterocycles. The molecule has 23 heavy (non-hydrogen) atoms. The highest BCUT2D eigenvalue weighted by molar-refractivity contribution is 7.99. The van der Waals surface area contributed by atoms with Crippen molar-refractivity contribution in [3.8, 4) is 11.5 Å². The van der Waals surface area contributed by atoms with Crippen LogP contribution >= 0.6 is 23.4 Å². The van der Waals surface area contributed by atoms with Gasteiger partial charge in [-0.1, -0.05) is 29.8 Å². The van der Waals surface area contributed by atoms with Gasteiger partial charge in [0.15, 0.2) is 11.5 Å². The predicted molar refractivity (Wildman–Crippen MR) is 89.6 cm³/mol. The summed E-state index contributed by atoms with van der Waals surface area (Å²) in [5.74, 6) is 1.85. The largest absolute Gasteiger partial charge is 0.454 e. The summed E-state index contributed by atoms with van der Waals surface area (Å²) in [6.45, 7) is 0.132. The fraction of sp³-hybridized carbons (Fsp3) is 0.235. The Morgan fingerprint density at radius 1 is 1.26 bits per heavy atom. The molecule has 2 aromatic rings. The first kappa shape index (κ1) is 14.7. The average Bonchev–Trinajstić information content (AvgIpc) is 3.04. The van der Waals surface area contributed by atoms with E-state index in [4.69, 9.17) is 21.1 Å². The summed E-state index contributed by atoms with van der Waals surface area (Å²) < 4.78 is 10.6. The zero-order chi connectivity index (χ0) is 15.8. The third-order valence-corrected chi connectivity index (χ3v) is 5.36. The highest BCUT2D eigenvalue weighted by Crippen LogP contribution is 2.40. The van der Waals surface area contributed by atoms with E-state index >= 15 is 0 Å². The maximum absolute atomic E-state index is 12.6. The summed E-state index contributed by atoms with van der Waals surface area (Å²) in [4.78, 5) is 13.8. The fourth-order valence-electron chi connectivity index (χ4n) is 2.83. The van der Waals surface area contributed by atoms with Gasteiger partial charge < -0.3 is 14.8 Å². The summed E-state index contributed by atoms with van der Waals surface area (Å²) in [5, 5.41) is 3.50. The lowest BCUT2D eigenvalue weighted by Crippen LogP contribution is -2.30. The number of carbonyl (C=O) groups is 1. The summed E-state index contributed by atoms with van der Waals surface area (Å²) in [5.41, 5.74) is 1.65. The van der Waals surface area contributed by atoms with Crippen LogP contribution < -0.4 is 14.8 Å². The van der Waals surface area contributed by atoms with Gasteiger partial charge in [-0.3, -0.25) is 4.79 Å². The molecular weight excluding hydrogens is 334 g/mol. The maximum Gasteiger partial charge on any atom is 0.251 e. The molecule has 0 bridgehead atoms. The number of thioether (sulfide) groups is 1. The van der Waals surface area contributed by atoms with E-state index in [1.807, 2.05) is 23.9 Å². The second-order valence-electron chi connectivity index (χ2n) is 5.39. The quantitative estimate of drug-likeness (QED) is 0.890. The molecule has 0 saturated heterocycles. The molecule has 1 atom stereocenters. The summed E-state index contributed by atoms with van der Waals surface area (Å²) in [7, 11) is 0. The molecule has 0 saturated carbocycles. The van der Waals surface area contributed by atoms with E-state index in [0.717, 1.165) is 12.2 Å². The van der Waals surface area contributed by atoms with Crippen LogP contribution in [0.2, 0.25) is 5.02 Å². The van der Waals surface area contributed by atoms with Crippen molar-refractivity contribution in [3.05, 3.63) is 52.5 Å². The first-order valence-corrected chi connectivity index (χ1v) is 8.70. The maximum atomic E-state index is 12.6. The smallest absolute Gasteiger partial charge is 0.251 e. The van der Waals surface area contributed by atoms with Crippen LogP contribution in [0.1, 0.15) is 28.4 Å². The Bertz CT molecular complexity index is 780. The minimum atomic E-state index is -0.156. The van der Waals surface area contributed by atoms with Gasteiger partial charge in [0.2, 0.25) is 6.79 Å². The SMILES string of the molecule is O=C(N[C@H]1CCSc2ccccc21)c1cc(Cl)c2c(c1)OCO2. The second kappa shape index (κ2) is 5.98. The molecule has 0 aliphatic carbocycles. The number of rotatable bonds is 2. The van der Waals surface area contributed by atoms with Gasteiger partial charge in [0.1, 0.15) is 0 Å². The zero-order valence-corrected chi connectivity index (χ0v) is 13.7.